The van der Waals surface area contributed by atoms with E-state index in [9.17, 15) is 36.6 Å². The summed E-state index contributed by atoms with van der Waals surface area (Å²) in [6.45, 7) is 8.29. The van der Waals surface area contributed by atoms with E-state index in [1.165, 1.54) is 6.42 Å². The second kappa shape index (κ2) is 18.1. The fraction of sp³-hybridized carbons (Fsp3) is 0.447. The maximum absolute atomic E-state index is 14.4. The van der Waals surface area contributed by atoms with Gasteiger partial charge in [0.05, 0.1) is 24.9 Å². The maximum atomic E-state index is 14.4. The molecule has 7 atom stereocenters. The molecule has 0 radical (unpaired) electrons. The zero-order valence-electron chi connectivity index (χ0n) is 34.3. The number of halogens is 5. The zero-order valence-corrected chi connectivity index (χ0v) is 34.3. The summed E-state index contributed by atoms with van der Waals surface area (Å²) in [6, 6.07) is 22.1. The van der Waals surface area contributed by atoms with Gasteiger partial charge in [0, 0.05) is 36.2 Å². The van der Waals surface area contributed by atoms with Crippen molar-refractivity contribution in [2.45, 2.75) is 115 Å². The van der Waals surface area contributed by atoms with Crippen LogP contribution >= 0.6 is 0 Å². The van der Waals surface area contributed by atoms with E-state index in [1.807, 2.05) is 69.3 Å². The van der Waals surface area contributed by atoms with Gasteiger partial charge in [-0.3, -0.25) is 14.5 Å². The first-order valence-electron chi connectivity index (χ1n) is 20.7. The van der Waals surface area contributed by atoms with Gasteiger partial charge >= 0.3 is 0 Å². The normalized spacial score (nSPS) is 24.7. The Morgan fingerprint density at radius 2 is 1.42 bits per heavy atom. The molecule has 2 saturated heterocycles. The lowest BCUT2D eigenvalue weighted by molar-refractivity contribution is -0.278. The molecular weight excluding hydrogens is 782 g/mol. The Labute approximate surface area is 347 Å². The summed E-state index contributed by atoms with van der Waals surface area (Å²) in [4.78, 5) is 29.1. The Bertz CT molecular complexity index is 2150. The minimum atomic E-state index is -2.34. The SMILES string of the molecule is C[C@@H]1[C@H](CN2[C@@H](C(=O)NC(C)(C)C)CC[C@H]3CCCC[C@H]32)O[C@H](c2ccc(-c3ccccc3CNC(=O)c3c(F)c(F)c(F)c(F)c3F)cc2)O[C@@H]1c1ccc(CO)cc1. The highest BCUT2D eigenvalue weighted by atomic mass is 19.2. The molecule has 0 unspecified atom stereocenters. The van der Waals surface area contributed by atoms with E-state index in [1.54, 1.807) is 24.3 Å². The highest BCUT2D eigenvalue weighted by molar-refractivity contribution is 5.95. The van der Waals surface area contributed by atoms with E-state index in [-0.39, 0.29) is 54.8 Å². The first-order chi connectivity index (χ1) is 28.6. The Kier molecular flexibility index (Phi) is 13.1. The van der Waals surface area contributed by atoms with Crippen molar-refractivity contribution >= 4 is 11.8 Å². The zero-order chi connectivity index (χ0) is 42.9. The van der Waals surface area contributed by atoms with Crippen molar-refractivity contribution < 1.29 is 46.1 Å². The maximum Gasteiger partial charge on any atom is 0.257 e. The van der Waals surface area contributed by atoms with Gasteiger partial charge in [-0.05, 0) is 80.2 Å². The number of nitrogens with one attached hydrogen (secondary N) is 2. The third-order valence-electron chi connectivity index (χ3n) is 12.2. The van der Waals surface area contributed by atoms with Gasteiger partial charge in [-0.15, -0.1) is 0 Å². The third-order valence-corrected chi connectivity index (χ3v) is 12.2. The second-order valence-electron chi connectivity index (χ2n) is 17.4. The summed E-state index contributed by atoms with van der Waals surface area (Å²) in [5.74, 6) is -12.2. The summed E-state index contributed by atoms with van der Waals surface area (Å²) >= 11 is 0. The number of aliphatic hydroxyl groups is 1. The minimum absolute atomic E-state index is 0.0342. The van der Waals surface area contributed by atoms with Crippen molar-refractivity contribution in [3.05, 3.63) is 130 Å². The molecule has 3 fully saturated rings. The van der Waals surface area contributed by atoms with Crippen LogP contribution < -0.4 is 10.6 Å². The van der Waals surface area contributed by atoms with E-state index < -0.39 is 46.8 Å². The average Bonchev–Trinajstić information content (AvgIpc) is 3.24. The Morgan fingerprint density at radius 1 is 0.783 bits per heavy atom. The van der Waals surface area contributed by atoms with Crippen molar-refractivity contribution in [1.82, 2.24) is 15.5 Å². The molecule has 3 aliphatic rings. The molecule has 2 aliphatic heterocycles. The Hall–Kier alpha value is -4.69. The fourth-order valence-electron chi connectivity index (χ4n) is 9.11. The van der Waals surface area contributed by atoms with Crippen molar-refractivity contribution in [2.24, 2.45) is 11.8 Å². The summed E-state index contributed by atoms with van der Waals surface area (Å²) in [6.07, 6.45) is 4.80. The minimum Gasteiger partial charge on any atom is -0.392 e. The van der Waals surface area contributed by atoms with E-state index in [0.717, 1.165) is 54.4 Å². The molecule has 2 heterocycles. The molecule has 2 amide bonds. The Balaban J connectivity index is 1.15. The van der Waals surface area contributed by atoms with Crippen molar-refractivity contribution in [1.29, 1.82) is 0 Å². The molecule has 4 aromatic rings. The van der Waals surface area contributed by atoms with Gasteiger partial charge in [0.15, 0.2) is 29.6 Å². The number of rotatable bonds is 10. The van der Waals surface area contributed by atoms with E-state index in [2.05, 4.69) is 22.5 Å². The van der Waals surface area contributed by atoms with Crippen LogP contribution in [0.1, 0.15) is 111 Å². The average molecular weight is 834 g/mol. The number of fused-ring (bicyclic) bond motifs is 1. The molecule has 320 valence electrons. The van der Waals surface area contributed by atoms with E-state index in [0.29, 0.717) is 23.6 Å². The quantitative estimate of drug-likeness (QED) is 0.0838. The molecule has 4 aromatic carbocycles. The molecule has 1 saturated carbocycles. The molecule has 0 aromatic heterocycles. The predicted octanol–water partition coefficient (Wildman–Crippen LogP) is 9.20. The smallest absolute Gasteiger partial charge is 0.257 e. The van der Waals surface area contributed by atoms with E-state index in [4.69, 9.17) is 9.47 Å². The number of benzene rings is 4. The molecule has 0 spiro atoms. The monoisotopic (exact) mass is 833 g/mol. The first-order valence-corrected chi connectivity index (χ1v) is 20.7. The van der Waals surface area contributed by atoms with Crippen LogP contribution in [0.2, 0.25) is 0 Å². The van der Waals surface area contributed by atoms with Crippen LogP contribution in [0.3, 0.4) is 0 Å². The molecular formula is C47H52F5N3O5. The van der Waals surface area contributed by atoms with Gasteiger partial charge in [0.2, 0.25) is 11.7 Å². The first kappa shape index (κ1) is 43.4. The summed E-state index contributed by atoms with van der Waals surface area (Å²) < 4.78 is 83.6. The fourth-order valence-corrected chi connectivity index (χ4v) is 9.11. The van der Waals surface area contributed by atoms with Gasteiger partial charge in [-0.25, -0.2) is 22.0 Å². The van der Waals surface area contributed by atoms with Gasteiger partial charge in [0.1, 0.15) is 5.56 Å². The van der Waals surface area contributed by atoms with Gasteiger partial charge in [-0.2, -0.15) is 0 Å². The van der Waals surface area contributed by atoms with Crippen LogP contribution in [-0.2, 0) is 27.4 Å². The van der Waals surface area contributed by atoms with E-state index >= 15 is 0 Å². The van der Waals surface area contributed by atoms with Crippen LogP contribution in [0.25, 0.3) is 11.1 Å². The second-order valence-corrected chi connectivity index (χ2v) is 17.4. The summed E-state index contributed by atoms with van der Waals surface area (Å²) in [7, 11) is 0. The highest BCUT2D eigenvalue weighted by Crippen LogP contribution is 2.45. The number of amides is 2. The highest BCUT2D eigenvalue weighted by Gasteiger charge is 2.46. The number of hydrogen-bond acceptors (Lipinski definition) is 6. The number of carbonyl (C=O) groups is 2. The molecule has 13 heteroatoms. The van der Waals surface area contributed by atoms with Crippen LogP contribution in [0, 0.1) is 40.9 Å². The summed E-state index contributed by atoms with van der Waals surface area (Å²) in [5.41, 5.74) is 2.43. The van der Waals surface area contributed by atoms with Gasteiger partial charge in [0.25, 0.3) is 5.91 Å². The molecule has 1 aliphatic carbocycles. The lowest BCUT2D eigenvalue weighted by atomic mass is 9.75. The largest absolute Gasteiger partial charge is 0.392 e. The molecule has 3 N–H and O–H groups in total. The van der Waals surface area contributed by atoms with Gasteiger partial charge in [-0.1, -0.05) is 92.6 Å². The molecule has 0 bridgehead atoms. The van der Waals surface area contributed by atoms with Crippen molar-refractivity contribution in [3.8, 4) is 11.1 Å². The third kappa shape index (κ3) is 9.14. The lowest BCUT2D eigenvalue weighted by Gasteiger charge is -2.51. The predicted molar refractivity (Wildman–Crippen MR) is 216 cm³/mol. The van der Waals surface area contributed by atoms with Crippen molar-refractivity contribution in [3.63, 3.8) is 0 Å². The number of nitrogens with zero attached hydrogens (tertiary/aromatic N) is 1. The Morgan fingerprint density at radius 3 is 2.08 bits per heavy atom. The lowest BCUT2D eigenvalue weighted by Crippen LogP contribution is -2.61. The molecule has 60 heavy (non-hydrogen) atoms. The number of carbonyl (C=O) groups excluding carboxylic acids is 2. The molecule has 8 nitrogen and oxygen atoms in total. The van der Waals surface area contributed by atoms with Crippen LogP contribution in [0.4, 0.5) is 22.0 Å². The van der Waals surface area contributed by atoms with Gasteiger partial charge < -0.3 is 25.2 Å². The number of likely N-dealkylation sites (tertiary alicyclic amines) is 1. The number of ether oxygens (including phenoxy) is 2. The number of hydrogen-bond donors (Lipinski definition) is 3. The number of aliphatic hydroxyl groups excluding tert-OH is 1. The van der Waals surface area contributed by atoms with Crippen molar-refractivity contribution in [2.75, 3.05) is 6.54 Å². The van der Waals surface area contributed by atoms with Crippen LogP contribution in [-0.4, -0.2) is 52.1 Å². The topological polar surface area (TPSA) is 100 Å². The van der Waals surface area contributed by atoms with Crippen LogP contribution in [0.5, 0.6) is 0 Å². The number of piperidine rings is 1. The summed E-state index contributed by atoms with van der Waals surface area (Å²) in [5, 5.41) is 15.3. The van der Waals surface area contributed by atoms with Crippen LogP contribution in [0.15, 0.2) is 72.8 Å². The standard InChI is InChI=1S/C47H52F5N3O5/c1-26-36(24-55-34-12-8-6-9-29(34)21-22-35(55)44(57)54-47(2,3)4)59-46(60-43(26)30-15-13-27(25-56)14-16-30)31-19-17-28(18-20-31)33-11-7-5-10-32(33)23-53-45(58)37-38(48)40(50)42(52)41(51)39(37)49/h5,7,10-11,13-20,26,29,34-36,43,46,56H,6,8-9,12,21-25H2,1-4H3,(H,53,58)(H,54,57)/t26-,29-,34-,35-,36+,43+,46+/m1/s1. The molecule has 7 rings (SSSR count).